The molecule has 0 aliphatic rings. The molecule has 1 aromatic heterocycles. The zero-order valence-electron chi connectivity index (χ0n) is 9.03. The van der Waals surface area contributed by atoms with Gasteiger partial charge in [-0.25, -0.2) is 4.57 Å². The van der Waals surface area contributed by atoms with Crippen molar-refractivity contribution >= 4 is 5.91 Å². The molecule has 0 aliphatic carbocycles. The van der Waals surface area contributed by atoms with Crippen LogP contribution in [0.5, 0.6) is 0 Å². The Hall–Kier alpha value is -1.38. The van der Waals surface area contributed by atoms with Crippen LogP contribution in [0.4, 0.5) is 0 Å². The minimum Gasteiger partial charge on any atom is -0.339 e. The van der Waals surface area contributed by atoms with E-state index in [1.165, 1.54) is 0 Å². The molecule has 1 rings (SSSR count). The van der Waals surface area contributed by atoms with Crippen LogP contribution in [-0.2, 0) is 7.05 Å². The Morgan fingerprint density at radius 3 is 2.21 bits per heavy atom. The van der Waals surface area contributed by atoms with Gasteiger partial charge in [-0.15, -0.1) is 0 Å². The van der Waals surface area contributed by atoms with Gasteiger partial charge in [-0.3, -0.25) is 4.79 Å². The number of hydrogen-bond donors (Lipinski definition) is 0. The van der Waals surface area contributed by atoms with Crippen LogP contribution in [0.2, 0.25) is 0 Å². The molecule has 0 unspecified atom stereocenters. The molecule has 3 nitrogen and oxygen atoms in total. The van der Waals surface area contributed by atoms with Crippen molar-refractivity contribution in [3.8, 4) is 0 Å². The molecule has 0 aromatic carbocycles. The molecule has 0 aliphatic heterocycles. The molecule has 76 valence electrons. The van der Waals surface area contributed by atoms with Crippen LogP contribution in [0.25, 0.3) is 0 Å². The monoisotopic (exact) mass is 193 g/mol. The SMILES string of the molecule is CCN(CC)C(=O)c1cc[n+](C)cc1. The van der Waals surface area contributed by atoms with Gasteiger partial charge in [0.05, 0.1) is 5.56 Å². The zero-order valence-corrected chi connectivity index (χ0v) is 9.03. The molecule has 1 amide bonds. The van der Waals surface area contributed by atoms with E-state index in [2.05, 4.69) is 0 Å². The molecule has 14 heavy (non-hydrogen) atoms. The fourth-order valence-electron chi connectivity index (χ4n) is 1.34. The third kappa shape index (κ3) is 2.31. The van der Waals surface area contributed by atoms with Gasteiger partial charge in [0, 0.05) is 25.2 Å². The Morgan fingerprint density at radius 1 is 1.29 bits per heavy atom. The smallest absolute Gasteiger partial charge is 0.254 e. The van der Waals surface area contributed by atoms with Gasteiger partial charge < -0.3 is 4.90 Å². The van der Waals surface area contributed by atoms with Gasteiger partial charge in [-0.2, -0.15) is 0 Å². The number of amides is 1. The van der Waals surface area contributed by atoms with Gasteiger partial charge in [0.25, 0.3) is 5.91 Å². The molecule has 1 heterocycles. The minimum atomic E-state index is 0.107. The number of rotatable bonds is 3. The highest BCUT2D eigenvalue weighted by Crippen LogP contribution is 2.01. The standard InChI is InChI=1S/C11H17N2O/c1-4-13(5-2)11(14)10-6-8-12(3)9-7-10/h6-9H,4-5H2,1-3H3/q+1. The van der Waals surface area contributed by atoms with Crippen LogP contribution in [0.15, 0.2) is 24.5 Å². The van der Waals surface area contributed by atoms with Crippen molar-refractivity contribution in [3.63, 3.8) is 0 Å². The summed E-state index contributed by atoms with van der Waals surface area (Å²) in [4.78, 5) is 13.6. The Balaban J connectivity index is 2.83. The van der Waals surface area contributed by atoms with E-state index in [1.807, 2.05) is 54.9 Å². The average Bonchev–Trinajstić information content (AvgIpc) is 2.20. The van der Waals surface area contributed by atoms with Crippen molar-refractivity contribution in [1.29, 1.82) is 0 Å². The van der Waals surface area contributed by atoms with Gasteiger partial charge in [0.1, 0.15) is 7.05 Å². The lowest BCUT2D eigenvalue weighted by molar-refractivity contribution is -0.671. The first-order chi connectivity index (χ1) is 6.69. The summed E-state index contributed by atoms with van der Waals surface area (Å²) in [5.41, 5.74) is 0.756. The first kappa shape index (κ1) is 10.7. The highest BCUT2D eigenvalue weighted by atomic mass is 16.2. The lowest BCUT2D eigenvalue weighted by Gasteiger charge is -2.17. The number of carbonyl (C=O) groups is 1. The van der Waals surface area contributed by atoms with E-state index in [4.69, 9.17) is 0 Å². The van der Waals surface area contributed by atoms with Crippen molar-refractivity contribution in [2.24, 2.45) is 7.05 Å². The lowest BCUT2D eigenvalue weighted by Crippen LogP contribution is -2.32. The summed E-state index contributed by atoms with van der Waals surface area (Å²) in [6.45, 7) is 5.50. The zero-order chi connectivity index (χ0) is 10.6. The van der Waals surface area contributed by atoms with Crippen molar-refractivity contribution in [1.82, 2.24) is 4.90 Å². The summed E-state index contributed by atoms with van der Waals surface area (Å²) >= 11 is 0. The van der Waals surface area contributed by atoms with Crippen LogP contribution in [0.3, 0.4) is 0 Å². The predicted octanol–water partition coefficient (Wildman–Crippen LogP) is 0.993. The molecule has 0 radical (unpaired) electrons. The molecule has 0 atom stereocenters. The largest absolute Gasteiger partial charge is 0.339 e. The van der Waals surface area contributed by atoms with E-state index in [-0.39, 0.29) is 5.91 Å². The molecule has 0 spiro atoms. The Morgan fingerprint density at radius 2 is 1.79 bits per heavy atom. The molecule has 0 fully saturated rings. The lowest BCUT2D eigenvalue weighted by atomic mass is 10.2. The summed E-state index contributed by atoms with van der Waals surface area (Å²) in [6.07, 6.45) is 3.77. The predicted molar refractivity (Wildman–Crippen MR) is 54.9 cm³/mol. The molecule has 1 aromatic rings. The fourth-order valence-corrected chi connectivity index (χ4v) is 1.34. The third-order valence-corrected chi connectivity index (χ3v) is 2.28. The number of carbonyl (C=O) groups excluding carboxylic acids is 1. The molecule has 0 N–H and O–H groups in total. The van der Waals surface area contributed by atoms with Crippen molar-refractivity contribution in [2.45, 2.75) is 13.8 Å². The van der Waals surface area contributed by atoms with Gasteiger partial charge in [-0.1, -0.05) is 0 Å². The van der Waals surface area contributed by atoms with Gasteiger partial charge in [0.2, 0.25) is 0 Å². The number of hydrogen-bond acceptors (Lipinski definition) is 1. The van der Waals surface area contributed by atoms with E-state index < -0.39 is 0 Å². The highest BCUT2D eigenvalue weighted by Gasteiger charge is 2.12. The Kier molecular flexibility index (Phi) is 3.63. The first-order valence-corrected chi connectivity index (χ1v) is 4.93. The Bertz CT molecular complexity index is 302. The van der Waals surface area contributed by atoms with Crippen LogP contribution in [0, 0.1) is 0 Å². The normalized spacial score (nSPS) is 9.93. The molecule has 0 saturated heterocycles. The molecule has 0 bridgehead atoms. The number of nitrogens with zero attached hydrogens (tertiary/aromatic N) is 2. The maximum absolute atomic E-state index is 11.8. The summed E-state index contributed by atoms with van der Waals surface area (Å²) in [7, 11) is 1.94. The minimum absolute atomic E-state index is 0.107. The average molecular weight is 193 g/mol. The second kappa shape index (κ2) is 4.74. The quantitative estimate of drug-likeness (QED) is 0.657. The van der Waals surface area contributed by atoms with Crippen LogP contribution in [0.1, 0.15) is 24.2 Å². The molecule has 0 saturated carbocycles. The first-order valence-electron chi connectivity index (χ1n) is 4.93. The number of aryl methyl sites for hydroxylation is 1. The van der Waals surface area contributed by atoms with Gasteiger partial charge in [0.15, 0.2) is 12.4 Å². The number of pyridine rings is 1. The van der Waals surface area contributed by atoms with Crippen LogP contribution in [-0.4, -0.2) is 23.9 Å². The second-order valence-electron chi connectivity index (χ2n) is 3.23. The highest BCUT2D eigenvalue weighted by molar-refractivity contribution is 5.93. The van der Waals surface area contributed by atoms with Crippen LogP contribution < -0.4 is 4.57 Å². The molecular weight excluding hydrogens is 176 g/mol. The summed E-state index contributed by atoms with van der Waals surface area (Å²) in [5, 5.41) is 0. The van der Waals surface area contributed by atoms with E-state index >= 15 is 0 Å². The van der Waals surface area contributed by atoms with Crippen molar-refractivity contribution < 1.29 is 9.36 Å². The fraction of sp³-hybridized carbons (Fsp3) is 0.455. The summed E-state index contributed by atoms with van der Waals surface area (Å²) in [5.74, 6) is 0.107. The maximum Gasteiger partial charge on any atom is 0.254 e. The van der Waals surface area contributed by atoms with E-state index in [0.717, 1.165) is 18.7 Å². The van der Waals surface area contributed by atoms with E-state index in [0.29, 0.717) is 0 Å². The van der Waals surface area contributed by atoms with E-state index in [1.54, 1.807) is 0 Å². The van der Waals surface area contributed by atoms with Crippen molar-refractivity contribution in [3.05, 3.63) is 30.1 Å². The van der Waals surface area contributed by atoms with Gasteiger partial charge in [-0.05, 0) is 13.8 Å². The Labute approximate surface area is 85.0 Å². The third-order valence-electron chi connectivity index (χ3n) is 2.28. The maximum atomic E-state index is 11.8. The number of aromatic nitrogens is 1. The second-order valence-corrected chi connectivity index (χ2v) is 3.23. The van der Waals surface area contributed by atoms with Gasteiger partial charge >= 0.3 is 0 Å². The van der Waals surface area contributed by atoms with Crippen LogP contribution >= 0.6 is 0 Å². The molecular formula is C11H17N2O+. The topological polar surface area (TPSA) is 24.2 Å². The van der Waals surface area contributed by atoms with E-state index in [9.17, 15) is 4.79 Å². The summed E-state index contributed by atoms with van der Waals surface area (Å²) in [6, 6.07) is 3.70. The van der Waals surface area contributed by atoms with Crippen molar-refractivity contribution in [2.75, 3.05) is 13.1 Å². The summed E-state index contributed by atoms with van der Waals surface area (Å²) < 4.78 is 1.92. The molecule has 3 heteroatoms.